The molecule has 2 N–H and O–H groups in total. The summed E-state index contributed by atoms with van der Waals surface area (Å²) >= 11 is 0. The van der Waals surface area contributed by atoms with Crippen molar-refractivity contribution in [3.05, 3.63) is 11.7 Å². The van der Waals surface area contributed by atoms with E-state index < -0.39 is 23.5 Å². The SMILES string of the molecule is CCC1CCC2(CC1)NC(=O)N(CC(=O)NC(c1nc(C3CC3)no1)C(C)C)C2=O. The summed E-state index contributed by atoms with van der Waals surface area (Å²) in [6, 6.07) is -0.952. The molecule has 3 fully saturated rings. The first-order chi connectivity index (χ1) is 14.3. The zero-order valence-corrected chi connectivity index (χ0v) is 17.9. The molecular weight excluding hydrogens is 386 g/mol. The summed E-state index contributed by atoms with van der Waals surface area (Å²) in [5, 5.41) is 9.76. The molecule has 1 aromatic rings. The molecule has 9 nitrogen and oxygen atoms in total. The molecule has 1 aliphatic heterocycles. The van der Waals surface area contributed by atoms with Crippen LogP contribution in [0.1, 0.15) is 89.4 Å². The van der Waals surface area contributed by atoms with E-state index in [2.05, 4.69) is 27.7 Å². The zero-order chi connectivity index (χ0) is 21.5. The molecule has 2 heterocycles. The maximum atomic E-state index is 13.0. The molecule has 3 aliphatic rings. The standard InChI is InChI=1S/C21H31N5O4/c1-4-13-7-9-21(10-8-13)19(28)26(20(29)24-21)11-15(27)22-16(12(2)3)18-23-17(25-30-18)14-5-6-14/h12-14,16H,4-11H2,1-3H3,(H,22,27)(H,24,29). The van der Waals surface area contributed by atoms with Crippen LogP contribution in [-0.4, -0.2) is 45.0 Å². The average molecular weight is 418 g/mol. The third kappa shape index (κ3) is 3.94. The Kier molecular flexibility index (Phi) is 5.55. The highest BCUT2D eigenvalue weighted by atomic mass is 16.5. The highest BCUT2D eigenvalue weighted by molar-refractivity contribution is 6.09. The van der Waals surface area contributed by atoms with Crippen LogP contribution in [0.5, 0.6) is 0 Å². The minimum Gasteiger partial charge on any atom is -0.342 e. The average Bonchev–Trinajstić information content (AvgIpc) is 3.42. The Labute approximate surface area is 176 Å². The van der Waals surface area contributed by atoms with Crippen molar-refractivity contribution in [3.63, 3.8) is 0 Å². The second kappa shape index (κ2) is 8.00. The minimum atomic E-state index is -0.841. The Morgan fingerprint density at radius 2 is 1.97 bits per heavy atom. The molecule has 0 bridgehead atoms. The number of carbonyl (C=O) groups excluding carboxylic acids is 3. The lowest BCUT2D eigenvalue weighted by Crippen LogP contribution is -2.50. The van der Waals surface area contributed by atoms with Crippen LogP contribution in [0.2, 0.25) is 0 Å². The Morgan fingerprint density at radius 1 is 1.27 bits per heavy atom. The first-order valence-corrected chi connectivity index (χ1v) is 11.1. The molecule has 1 atom stereocenters. The van der Waals surface area contributed by atoms with Gasteiger partial charge in [-0.2, -0.15) is 4.98 Å². The van der Waals surface area contributed by atoms with Gasteiger partial charge in [0.15, 0.2) is 5.82 Å². The van der Waals surface area contributed by atoms with E-state index in [0.717, 1.165) is 37.0 Å². The van der Waals surface area contributed by atoms with E-state index in [0.29, 0.717) is 36.4 Å². The lowest BCUT2D eigenvalue weighted by atomic mass is 9.75. The van der Waals surface area contributed by atoms with Crippen LogP contribution in [0, 0.1) is 11.8 Å². The van der Waals surface area contributed by atoms with Gasteiger partial charge in [-0.3, -0.25) is 14.5 Å². The summed E-state index contributed by atoms with van der Waals surface area (Å²) < 4.78 is 5.38. The third-order valence-electron chi connectivity index (χ3n) is 6.73. The molecule has 1 aromatic heterocycles. The number of hydrogen-bond acceptors (Lipinski definition) is 6. The van der Waals surface area contributed by atoms with Crippen molar-refractivity contribution in [1.29, 1.82) is 0 Å². The van der Waals surface area contributed by atoms with Crippen molar-refractivity contribution in [3.8, 4) is 0 Å². The number of rotatable bonds is 7. The maximum absolute atomic E-state index is 13.0. The molecule has 2 saturated carbocycles. The fourth-order valence-electron chi connectivity index (χ4n) is 4.49. The third-order valence-corrected chi connectivity index (χ3v) is 6.73. The lowest BCUT2D eigenvalue weighted by molar-refractivity contribution is -0.136. The quantitative estimate of drug-likeness (QED) is 0.659. The second-order valence-electron chi connectivity index (χ2n) is 9.31. The molecule has 1 spiro atoms. The van der Waals surface area contributed by atoms with Gasteiger partial charge < -0.3 is 15.2 Å². The Balaban J connectivity index is 1.39. The van der Waals surface area contributed by atoms with E-state index in [-0.39, 0.29) is 18.4 Å². The predicted octanol–water partition coefficient (Wildman–Crippen LogP) is 2.65. The molecule has 0 radical (unpaired) electrons. The minimum absolute atomic E-state index is 0.0141. The van der Waals surface area contributed by atoms with E-state index in [9.17, 15) is 14.4 Å². The van der Waals surface area contributed by atoms with Gasteiger partial charge in [0.2, 0.25) is 11.8 Å². The van der Waals surface area contributed by atoms with Crippen molar-refractivity contribution in [1.82, 2.24) is 25.7 Å². The van der Waals surface area contributed by atoms with Gasteiger partial charge in [0.1, 0.15) is 18.1 Å². The van der Waals surface area contributed by atoms with Crippen molar-refractivity contribution < 1.29 is 18.9 Å². The molecule has 1 saturated heterocycles. The van der Waals surface area contributed by atoms with Gasteiger partial charge in [0, 0.05) is 5.92 Å². The summed E-state index contributed by atoms with van der Waals surface area (Å²) in [6.07, 6.45) is 6.30. The van der Waals surface area contributed by atoms with Crippen LogP contribution < -0.4 is 10.6 Å². The number of amides is 4. The second-order valence-corrected chi connectivity index (χ2v) is 9.31. The van der Waals surface area contributed by atoms with Crippen LogP contribution in [0.3, 0.4) is 0 Å². The number of imide groups is 1. The first kappa shape index (κ1) is 20.8. The van der Waals surface area contributed by atoms with E-state index in [1.54, 1.807) is 0 Å². The van der Waals surface area contributed by atoms with Crippen molar-refractivity contribution in [2.75, 3.05) is 6.54 Å². The van der Waals surface area contributed by atoms with Crippen molar-refractivity contribution >= 4 is 17.8 Å². The summed E-state index contributed by atoms with van der Waals surface area (Å²) in [5.74, 6) is 1.32. The zero-order valence-electron chi connectivity index (χ0n) is 17.9. The van der Waals surface area contributed by atoms with Gasteiger partial charge in [-0.15, -0.1) is 0 Å². The fourth-order valence-corrected chi connectivity index (χ4v) is 4.49. The van der Waals surface area contributed by atoms with Crippen molar-refractivity contribution in [2.45, 2.75) is 83.2 Å². The highest BCUT2D eigenvalue weighted by Crippen LogP contribution is 2.39. The molecule has 4 rings (SSSR count). The molecule has 4 amide bonds. The van der Waals surface area contributed by atoms with Crippen LogP contribution in [0.15, 0.2) is 4.52 Å². The number of nitrogens with one attached hydrogen (secondary N) is 2. The van der Waals surface area contributed by atoms with E-state index in [1.165, 1.54) is 0 Å². The highest BCUT2D eigenvalue weighted by Gasteiger charge is 2.52. The topological polar surface area (TPSA) is 117 Å². The van der Waals surface area contributed by atoms with Gasteiger partial charge in [-0.1, -0.05) is 32.3 Å². The van der Waals surface area contributed by atoms with Gasteiger partial charge in [0.05, 0.1) is 0 Å². The molecular formula is C21H31N5O4. The van der Waals surface area contributed by atoms with E-state index in [4.69, 9.17) is 4.52 Å². The first-order valence-electron chi connectivity index (χ1n) is 11.1. The monoisotopic (exact) mass is 417 g/mol. The number of aromatic nitrogens is 2. The molecule has 164 valence electrons. The van der Waals surface area contributed by atoms with Gasteiger partial charge in [-0.25, -0.2) is 4.79 Å². The normalized spacial score (nSPS) is 27.6. The molecule has 0 aromatic carbocycles. The summed E-state index contributed by atoms with van der Waals surface area (Å²) in [6.45, 7) is 5.73. The fraction of sp³-hybridized carbons (Fsp3) is 0.762. The van der Waals surface area contributed by atoms with Crippen molar-refractivity contribution in [2.24, 2.45) is 11.8 Å². The molecule has 30 heavy (non-hydrogen) atoms. The van der Waals surface area contributed by atoms with Crippen LogP contribution >= 0.6 is 0 Å². The summed E-state index contributed by atoms with van der Waals surface area (Å²) in [4.78, 5) is 43.7. The van der Waals surface area contributed by atoms with E-state index >= 15 is 0 Å². The maximum Gasteiger partial charge on any atom is 0.325 e. The Morgan fingerprint density at radius 3 is 2.57 bits per heavy atom. The van der Waals surface area contributed by atoms with Gasteiger partial charge >= 0.3 is 6.03 Å². The van der Waals surface area contributed by atoms with Crippen LogP contribution in [0.25, 0.3) is 0 Å². The van der Waals surface area contributed by atoms with Gasteiger partial charge in [0.25, 0.3) is 5.91 Å². The lowest BCUT2D eigenvalue weighted by Gasteiger charge is -2.34. The Bertz CT molecular complexity index is 823. The number of urea groups is 1. The number of hydrogen-bond donors (Lipinski definition) is 2. The summed E-state index contributed by atoms with van der Waals surface area (Å²) in [5.41, 5.74) is -0.841. The Hall–Kier alpha value is -2.45. The number of nitrogens with zero attached hydrogens (tertiary/aromatic N) is 3. The van der Waals surface area contributed by atoms with Crippen LogP contribution in [0.4, 0.5) is 4.79 Å². The van der Waals surface area contributed by atoms with Gasteiger partial charge in [-0.05, 0) is 50.4 Å². The van der Waals surface area contributed by atoms with Crippen LogP contribution in [-0.2, 0) is 9.59 Å². The predicted molar refractivity (Wildman–Crippen MR) is 107 cm³/mol. The number of carbonyl (C=O) groups is 3. The molecule has 1 unspecified atom stereocenters. The summed E-state index contributed by atoms with van der Waals surface area (Å²) in [7, 11) is 0. The molecule has 9 heteroatoms. The largest absolute Gasteiger partial charge is 0.342 e. The molecule has 2 aliphatic carbocycles. The van der Waals surface area contributed by atoms with E-state index in [1.807, 2.05) is 13.8 Å². The smallest absolute Gasteiger partial charge is 0.325 e.